The number of benzene rings is 1. The smallest absolute Gasteiger partial charge is 0.0877 e. The third-order valence-corrected chi connectivity index (χ3v) is 3.15. The summed E-state index contributed by atoms with van der Waals surface area (Å²) < 4.78 is 6.00. The molecule has 0 amide bonds. The predicted molar refractivity (Wildman–Crippen MR) is 67.6 cm³/mol. The van der Waals surface area contributed by atoms with Crippen molar-refractivity contribution in [2.75, 3.05) is 6.61 Å². The maximum absolute atomic E-state index is 8.87. The van der Waals surface area contributed by atoms with Gasteiger partial charge >= 0.3 is 0 Å². The van der Waals surface area contributed by atoms with E-state index in [2.05, 4.69) is 24.4 Å². The number of rotatable bonds is 4. The minimum atomic E-state index is 0.0739. The Hall–Kier alpha value is -1.34. The summed E-state index contributed by atoms with van der Waals surface area (Å²) in [6.07, 6.45) is 2.66. The maximum Gasteiger partial charge on any atom is 0.0877 e. The molecule has 0 saturated carbocycles. The molecule has 1 aliphatic rings. The van der Waals surface area contributed by atoms with Crippen LogP contribution in [0.25, 0.3) is 0 Å². The van der Waals surface area contributed by atoms with Crippen LogP contribution in [0.1, 0.15) is 30.9 Å². The average Bonchev–Trinajstić information content (AvgIpc) is 2.80. The Morgan fingerprint density at radius 2 is 2.12 bits per heavy atom. The van der Waals surface area contributed by atoms with Crippen molar-refractivity contribution >= 4 is 0 Å². The van der Waals surface area contributed by atoms with Crippen LogP contribution < -0.4 is 0 Å². The van der Waals surface area contributed by atoms with Crippen molar-refractivity contribution in [3.63, 3.8) is 0 Å². The molecule has 0 radical (unpaired) electrons. The highest BCUT2D eigenvalue weighted by atomic mass is 16.5. The molecule has 1 aliphatic heterocycles. The number of aliphatic hydroxyl groups is 1. The van der Waals surface area contributed by atoms with Crippen LogP contribution >= 0.6 is 0 Å². The number of ether oxygens (including phenoxy) is 1. The third-order valence-electron chi connectivity index (χ3n) is 3.15. The van der Waals surface area contributed by atoms with Crippen LogP contribution in [0.5, 0.6) is 0 Å². The lowest BCUT2D eigenvalue weighted by atomic mass is 10.0. The Morgan fingerprint density at radius 1 is 1.35 bits per heavy atom. The van der Waals surface area contributed by atoms with Gasteiger partial charge in [0.1, 0.15) is 0 Å². The molecule has 1 fully saturated rings. The monoisotopic (exact) mass is 230 g/mol. The molecule has 1 aromatic carbocycles. The summed E-state index contributed by atoms with van der Waals surface area (Å²) in [5, 5.41) is 8.87. The standard InChI is InChI=1S/C15H18O2/c1-2-12-11-15(13-7-4-3-5-8-13)17-14(12)9-6-10-16/h3-5,7-8,14-16H,1,6,9-11H2/t14-,15-/m0/s1. The van der Waals surface area contributed by atoms with E-state index >= 15 is 0 Å². The molecule has 2 heteroatoms. The molecular formula is C15H18O2. The fraction of sp³-hybridized carbons (Fsp3) is 0.400. The predicted octanol–water partition coefficient (Wildman–Crippen LogP) is 3.00. The van der Waals surface area contributed by atoms with E-state index < -0.39 is 0 Å². The van der Waals surface area contributed by atoms with Crippen molar-refractivity contribution in [1.82, 2.24) is 0 Å². The quantitative estimate of drug-likeness (QED) is 0.806. The van der Waals surface area contributed by atoms with Crippen molar-refractivity contribution in [3.8, 4) is 0 Å². The van der Waals surface area contributed by atoms with Gasteiger partial charge in [-0.05, 0) is 18.4 Å². The number of hydrogen-bond acceptors (Lipinski definition) is 2. The lowest BCUT2D eigenvalue weighted by Crippen LogP contribution is -2.08. The van der Waals surface area contributed by atoms with Gasteiger partial charge in [0, 0.05) is 18.6 Å². The molecular weight excluding hydrogens is 212 g/mol. The van der Waals surface area contributed by atoms with Crippen molar-refractivity contribution in [1.29, 1.82) is 0 Å². The molecule has 17 heavy (non-hydrogen) atoms. The summed E-state index contributed by atoms with van der Waals surface area (Å²) in [7, 11) is 0. The number of aliphatic hydroxyl groups excluding tert-OH is 1. The van der Waals surface area contributed by atoms with Crippen LogP contribution in [0.2, 0.25) is 0 Å². The molecule has 1 N–H and O–H groups in total. The normalized spacial score (nSPS) is 23.7. The fourth-order valence-corrected chi connectivity index (χ4v) is 2.23. The molecule has 1 aromatic rings. The lowest BCUT2D eigenvalue weighted by Gasteiger charge is -2.13. The minimum absolute atomic E-state index is 0.0739. The van der Waals surface area contributed by atoms with Crippen LogP contribution in [0.4, 0.5) is 0 Å². The Labute approximate surface area is 102 Å². The second kappa shape index (κ2) is 5.83. The maximum atomic E-state index is 8.87. The van der Waals surface area contributed by atoms with Gasteiger partial charge in [-0.3, -0.25) is 0 Å². The largest absolute Gasteiger partial charge is 0.396 e. The molecule has 0 aliphatic carbocycles. The lowest BCUT2D eigenvalue weighted by molar-refractivity contribution is 0.0440. The zero-order valence-electron chi connectivity index (χ0n) is 9.93. The summed E-state index contributed by atoms with van der Waals surface area (Å²) in [4.78, 5) is 0. The van der Waals surface area contributed by atoms with Crippen LogP contribution in [-0.2, 0) is 4.74 Å². The summed E-state index contributed by atoms with van der Waals surface area (Å²) >= 11 is 0. The van der Waals surface area contributed by atoms with E-state index in [1.807, 2.05) is 18.2 Å². The SMILES string of the molecule is C=C=C1C[C@@H](c2ccccc2)O[C@H]1CCCO. The van der Waals surface area contributed by atoms with E-state index in [0.717, 1.165) is 24.8 Å². The first-order valence-electron chi connectivity index (χ1n) is 6.05. The van der Waals surface area contributed by atoms with Gasteiger partial charge in [0.25, 0.3) is 0 Å². The third kappa shape index (κ3) is 2.86. The van der Waals surface area contributed by atoms with Gasteiger partial charge < -0.3 is 9.84 Å². The van der Waals surface area contributed by atoms with Crippen LogP contribution in [0.3, 0.4) is 0 Å². The summed E-state index contributed by atoms with van der Waals surface area (Å²) in [5.74, 6) is 0. The fourth-order valence-electron chi connectivity index (χ4n) is 2.23. The molecule has 2 atom stereocenters. The van der Waals surface area contributed by atoms with Gasteiger partial charge in [-0.2, -0.15) is 0 Å². The molecule has 0 bridgehead atoms. The van der Waals surface area contributed by atoms with Gasteiger partial charge in [0.15, 0.2) is 0 Å². The van der Waals surface area contributed by atoms with Crippen molar-refractivity contribution < 1.29 is 9.84 Å². The van der Waals surface area contributed by atoms with Crippen molar-refractivity contribution in [2.45, 2.75) is 31.5 Å². The Bertz CT molecular complexity index is 404. The van der Waals surface area contributed by atoms with Crippen molar-refractivity contribution in [2.24, 2.45) is 0 Å². The van der Waals surface area contributed by atoms with Gasteiger partial charge in [-0.15, -0.1) is 5.73 Å². The van der Waals surface area contributed by atoms with Crippen LogP contribution in [-0.4, -0.2) is 17.8 Å². The zero-order chi connectivity index (χ0) is 12.1. The van der Waals surface area contributed by atoms with E-state index in [1.165, 1.54) is 5.56 Å². The zero-order valence-corrected chi connectivity index (χ0v) is 9.93. The van der Waals surface area contributed by atoms with Crippen LogP contribution in [0, 0.1) is 0 Å². The molecule has 0 unspecified atom stereocenters. The highest BCUT2D eigenvalue weighted by Gasteiger charge is 2.30. The minimum Gasteiger partial charge on any atom is -0.396 e. The second-order valence-corrected chi connectivity index (χ2v) is 4.30. The molecule has 0 spiro atoms. The van der Waals surface area contributed by atoms with Crippen molar-refractivity contribution in [3.05, 3.63) is 53.8 Å². The Balaban J connectivity index is 2.07. The topological polar surface area (TPSA) is 29.5 Å². The Kier molecular flexibility index (Phi) is 4.16. The summed E-state index contributed by atoms with van der Waals surface area (Å²) in [5.41, 5.74) is 5.32. The van der Waals surface area contributed by atoms with E-state index in [0.29, 0.717) is 0 Å². The van der Waals surface area contributed by atoms with E-state index in [-0.39, 0.29) is 18.8 Å². The van der Waals surface area contributed by atoms with Gasteiger partial charge in [0.2, 0.25) is 0 Å². The molecule has 1 saturated heterocycles. The first-order chi connectivity index (χ1) is 8.35. The molecule has 0 aromatic heterocycles. The molecule has 90 valence electrons. The van der Waals surface area contributed by atoms with Crippen LogP contribution in [0.15, 0.2) is 48.2 Å². The van der Waals surface area contributed by atoms with Gasteiger partial charge in [0.05, 0.1) is 12.2 Å². The highest BCUT2D eigenvalue weighted by molar-refractivity contribution is 5.24. The summed E-state index contributed by atoms with van der Waals surface area (Å²) in [6.45, 7) is 3.93. The first kappa shape index (κ1) is 12.1. The van der Waals surface area contributed by atoms with E-state index in [9.17, 15) is 0 Å². The summed E-state index contributed by atoms with van der Waals surface area (Å²) in [6, 6.07) is 10.2. The molecule has 2 nitrogen and oxygen atoms in total. The van der Waals surface area contributed by atoms with E-state index in [4.69, 9.17) is 9.84 Å². The van der Waals surface area contributed by atoms with Gasteiger partial charge in [-0.25, -0.2) is 0 Å². The highest BCUT2D eigenvalue weighted by Crippen LogP contribution is 2.37. The first-order valence-corrected chi connectivity index (χ1v) is 6.05. The second-order valence-electron chi connectivity index (χ2n) is 4.30. The molecule has 1 heterocycles. The Morgan fingerprint density at radius 3 is 2.76 bits per heavy atom. The molecule has 2 rings (SSSR count). The van der Waals surface area contributed by atoms with Gasteiger partial charge in [-0.1, -0.05) is 36.9 Å². The van der Waals surface area contributed by atoms with E-state index in [1.54, 1.807) is 0 Å². The number of hydrogen-bond donors (Lipinski definition) is 1. The average molecular weight is 230 g/mol.